The second-order valence-electron chi connectivity index (χ2n) is 4.10. The van der Waals surface area contributed by atoms with E-state index < -0.39 is 0 Å². The molecule has 2 rings (SSSR count). The van der Waals surface area contributed by atoms with E-state index >= 15 is 0 Å². The first-order chi connectivity index (χ1) is 9.16. The fraction of sp³-hybridized carbons (Fsp3) is 0.333. The fourth-order valence-electron chi connectivity index (χ4n) is 1.54. The molecular formula is C12H15N5OS. The standard InChI is InChI=1S/C12H15N5OS/c1-9(12-15-5-6-19-12)17(2)8-11(18)16-10-7-13-3-4-14-10/h3-7,9H,8H2,1-2H3,(H,14,16,18)/t9-/m0/s1. The number of nitrogens with zero attached hydrogens (tertiary/aromatic N) is 4. The van der Waals surface area contributed by atoms with E-state index in [1.807, 2.05) is 24.3 Å². The first-order valence-electron chi connectivity index (χ1n) is 5.82. The number of thiazole rings is 1. The maximum absolute atomic E-state index is 11.9. The minimum absolute atomic E-state index is 0.104. The molecule has 0 unspecified atom stereocenters. The largest absolute Gasteiger partial charge is 0.308 e. The summed E-state index contributed by atoms with van der Waals surface area (Å²) in [6.07, 6.45) is 6.38. The summed E-state index contributed by atoms with van der Waals surface area (Å²) in [5.41, 5.74) is 0. The van der Waals surface area contributed by atoms with Crippen molar-refractivity contribution >= 4 is 23.1 Å². The Labute approximate surface area is 115 Å². The molecule has 100 valence electrons. The van der Waals surface area contributed by atoms with Crippen molar-refractivity contribution in [3.05, 3.63) is 35.2 Å². The van der Waals surface area contributed by atoms with Gasteiger partial charge in [-0.1, -0.05) is 0 Å². The van der Waals surface area contributed by atoms with Gasteiger partial charge in [0.1, 0.15) is 5.01 Å². The lowest BCUT2D eigenvalue weighted by Gasteiger charge is -2.21. The summed E-state index contributed by atoms with van der Waals surface area (Å²) in [6.45, 7) is 2.30. The van der Waals surface area contributed by atoms with Gasteiger partial charge in [0.15, 0.2) is 5.82 Å². The molecule has 2 heterocycles. The number of anilines is 1. The van der Waals surface area contributed by atoms with Gasteiger partial charge in [0, 0.05) is 24.0 Å². The zero-order chi connectivity index (χ0) is 13.7. The maximum Gasteiger partial charge on any atom is 0.239 e. The molecule has 0 aromatic carbocycles. The Morgan fingerprint density at radius 2 is 2.26 bits per heavy atom. The Hall–Kier alpha value is -1.86. The average molecular weight is 277 g/mol. The summed E-state index contributed by atoms with van der Waals surface area (Å²) in [5, 5.41) is 5.63. The molecular weight excluding hydrogens is 262 g/mol. The smallest absolute Gasteiger partial charge is 0.239 e. The Bertz CT molecular complexity index is 516. The number of carbonyl (C=O) groups excluding carboxylic acids is 1. The Morgan fingerprint density at radius 1 is 1.42 bits per heavy atom. The van der Waals surface area contributed by atoms with Crippen molar-refractivity contribution in [1.29, 1.82) is 0 Å². The van der Waals surface area contributed by atoms with Gasteiger partial charge < -0.3 is 5.32 Å². The Balaban J connectivity index is 1.88. The minimum atomic E-state index is -0.119. The van der Waals surface area contributed by atoms with Crippen molar-refractivity contribution < 1.29 is 4.79 Å². The number of carbonyl (C=O) groups is 1. The Morgan fingerprint density at radius 3 is 2.89 bits per heavy atom. The van der Waals surface area contributed by atoms with E-state index in [9.17, 15) is 4.79 Å². The highest BCUT2D eigenvalue weighted by Gasteiger charge is 2.16. The number of rotatable bonds is 5. The van der Waals surface area contributed by atoms with Crippen molar-refractivity contribution in [3.8, 4) is 0 Å². The molecule has 0 saturated carbocycles. The quantitative estimate of drug-likeness (QED) is 0.898. The van der Waals surface area contributed by atoms with E-state index in [-0.39, 0.29) is 18.5 Å². The molecule has 0 saturated heterocycles. The molecule has 19 heavy (non-hydrogen) atoms. The van der Waals surface area contributed by atoms with Crippen LogP contribution in [0.2, 0.25) is 0 Å². The van der Waals surface area contributed by atoms with Crippen molar-refractivity contribution in [3.63, 3.8) is 0 Å². The van der Waals surface area contributed by atoms with Gasteiger partial charge in [0.05, 0.1) is 18.8 Å². The highest BCUT2D eigenvalue weighted by Crippen LogP contribution is 2.20. The number of aromatic nitrogens is 3. The van der Waals surface area contributed by atoms with Crippen LogP contribution >= 0.6 is 11.3 Å². The number of nitrogens with one attached hydrogen (secondary N) is 1. The SMILES string of the molecule is C[C@@H](c1nccs1)N(C)CC(=O)Nc1cnccn1. The van der Waals surface area contributed by atoms with Gasteiger partial charge in [0.2, 0.25) is 5.91 Å². The molecule has 0 bridgehead atoms. The normalized spacial score (nSPS) is 12.4. The molecule has 0 radical (unpaired) electrons. The lowest BCUT2D eigenvalue weighted by Crippen LogP contribution is -2.32. The van der Waals surface area contributed by atoms with Crippen LogP contribution < -0.4 is 5.32 Å². The van der Waals surface area contributed by atoms with Gasteiger partial charge >= 0.3 is 0 Å². The lowest BCUT2D eigenvalue weighted by molar-refractivity contribution is -0.117. The predicted molar refractivity (Wildman–Crippen MR) is 73.8 cm³/mol. The van der Waals surface area contributed by atoms with Crippen LogP contribution in [-0.4, -0.2) is 39.4 Å². The number of hydrogen-bond donors (Lipinski definition) is 1. The first kappa shape index (κ1) is 13.6. The predicted octanol–water partition coefficient (Wildman–Crippen LogP) is 1.56. The third kappa shape index (κ3) is 3.80. The molecule has 0 aliphatic rings. The summed E-state index contributed by atoms with van der Waals surface area (Å²) < 4.78 is 0. The van der Waals surface area contributed by atoms with Crippen LogP contribution in [-0.2, 0) is 4.79 Å². The number of hydrogen-bond acceptors (Lipinski definition) is 6. The van der Waals surface area contributed by atoms with Gasteiger partial charge in [-0.2, -0.15) is 0 Å². The molecule has 0 aliphatic carbocycles. The molecule has 1 amide bonds. The molecule has 1 atom stereocenters. The summed E-state index contributed by atoms with van der Waals surface area (Å²) in [5.74, 6) is 0.342. The van der Waals surface area contributed by atoms with E-state index in [1.165, 1.54) is 12.4 Å². The van der Waals surface area contributed by atoms with Crippen molar-refractivity contribution in [2.24, 2.45) is 0 Å². The highest BCUT2D eigenvalue weighted by molar-refractivity contribution is 7.09. The van der Waals surface area contributed by atoms with E-state index in [1.54, 1.807) is 23.7 Å². The molecule has 0 aliphatic heterocycles. The van der Waals surface area contributed by atoms with E-state index in [4.69, 9.17) is 0 Å². The van der Waals surface area contributed by atoms with Crippen molar-refractivity contribution in [2.75, 3.05) is 18.9 Å². The van der Waals surface area contributed by atoms with Gasteiger partial charge in [-0.3, -0.25) is 14.7 Å². The van der Waals surface area contributed by atoms with Crippen molar-refractivity contribution in [1.82, 2.24) is 19.9 Å². The van der Waals surface area contributed by atoms with Crippen LogP contribution in [0.4, 0.5) is 5.82 Å². The topological polar surface area (TPSA) is 71.0 Å². The monoisotopic (exact) mass is 277 g/mol. The molecule has 2 aromatic heterocycles. The van der Waals surface area contributed by atoms with Crippen LogP contribution in [0.15, 0.2) is 30.2 Å². The van der Waals surface area contributed by atoms with Crippen LogP contribution in [0.1, 0.15) is 18.0 Å². The summed E-state index contributed by atoms with van der Waals surface area (Å²) in [4.78, 5) is 25.9. The first-order valence-corrected chi connectivity index (χ1v) is 6.70. The van der Waals surface area contributed by atoms with E-state index in [0.29, 0.717) is 5.82 Å². The summed E-state index contributed by atoms with van der Waals surface area (Å²) >= 11 is 1.58. The molecule has 2 aromatic rings. The summed E-state index contributed by atoms with van der Waals surface area (Å²) in [6, 6.07) is 0.104. The lowest BCUT2D eigenvalue weighted by atomic mass is 10.3. The van der Waals surface area contributed by atoms with Crippen molar-refractivity contribution in [2.45, 2.75) is 13.0 Å². The third-order valence-corrected chi connectivity index (χ3v) is 3.64. The molecule has 7 heteroatoms. The molecule has 0 spiro atoms. The van der Waals surface area contributed by atoms with Gasteiger partial charge in [-0.05, 0) is 14.0 Å². The van der Waals surface area contributed by atoms with Crippen LogP contribution in [0.25, 0.3) is 0 Å². The second kappa shape index (κ2) is 6.35. The molecule has 6 nitrogen and oxygen atoms in total. The molecule has 0 fully saturated rings. The second-order valence-corrected chi connectivity index (χ2v) is 5.03. The molecule has 1 N–H and O–H groups in total. The average Bonchev–Trinajstić information content (AvgIpc) is 2.92. The highest BCUT2D eigenvalue weighted by atomic mass is 32.1. The number of likely N-dealkylation sites (N-methyl/N-ethyl adjacent to an activating group) is 1. The van der Waals surface area contributed by atoms with Crippen LogP contribution in [0.3, 0.4) is 0 Å². The minimum Gasteiger partial charge on any atom is -0.308 e. The van der Waals surface area contributed by atoms with Crippen LogP contribution in [0.5, 0.6) is 0 Å². The third-order valence-electron chi connectivity index (χ3n) is 2.69. The zero-order valence-electron chi connectivity index (χ0n) is 10.8. The maximum atomic E-state index is 11.9. The number of amides is 1. The fourth-order valence-corrected chi connectivity index (χ4v) is 2.30. The van der Waals surface area contributed by atoms with Crippen LogP contribution in [0, 0.1) is 0 Å². The summed E-state index contributed by atoms with van der Waals surface area (Å²) in [7, 11) is 1.89. The van der Waals surface area contributed by atoms with E-state index in [0.717, 1.165) is 5.01 Å². The zero-order valence-corrected chi connectivity index (χ0v) is 11.6. The van der Waals surface area contributed by atoms with Gasteiger partial charge in [-0.15, -0.1) is 11.3 Å². The van der Waals surface area contributed by atoms with Gasteiger partial charge in [0.25, 0.3) is 0 Å². The Kier molecular flexibility index (Phi) is 4.53. The van der Waals surface area contributed by atoms with E-state index in [2.05, 4.69) is 20.3 Å². The van der Waals surface area contributed by atoms with Gasteiger partial charge in [-0.25, -0.2) is 9.97 Å².